The Morgan fingerprint density at radius 1 is 1.07 bits per heavy atom. The Balaban J connectivity index is 1.64. The Labute approximate surface area is 162 Å². The summed E-state index contributed by atoms with van der Waals surface area (Å²) in [6.07, 6.45) is 0.121. The van der Waals surface area contributed by atoms with Gasteiger partial charge >= 0.3 is 0 Å². The number of benzene rings is 2. The number of nitrogens with zero attached hydrogens (tertiary/aromatic N) is 2. The number of halogens is 1. The zero-order chi connectivity index (χ0) is 20.1. The molecule has 144 valence electrons. The van der Waals surface area contributed by atoms with Gasteiger partial charge in [0.05, 0.1) is 18.3 Å². The van der Waals surface area contributed by atoms with E-state index in [2.05, 4.69) is 10.4 Å². The lowest BCUT2D eigenvalue weighted by Crippen LogP contribution is -2.30. The molecule has 0 saturated heterocycles. The maximum absolute atomic E-state index is 13.0. The number of carbonyl (C=O) groups is 1. The van der Waals surface area contributed by atoms with Gasteiger partial charge in [-0.25, -0.2) is 9.07 Å². The topological polar surface area (TPSA) is 64.0 Å². The van der Waals surface area contributed by atoms with Crippen LogP contribution in [0.1, 0.15) is 30.5 Å². The number of aryl methyl sites for hydroxylation is 2. The van der Waals surface area contributed by atoms with E-state index in [1.165, 1.54) is 22.9 Å². The largest absolute Gasteiger partial charge is 0.350 e. The molecule has 0 radical (unpaired) electrons. The summed E-state index contributed by atoms with van der Waals surface area (Å²) in [5.74, 6) is -0.521. The lowest BCUT2D eigenvalue weighted by atomic mass is 10.1. The van der Waals surface area contributed by atoms with Crippen molar-refractivity contribution in [3.63, 3.8) is 0 Å². The number of aromatic nitrogens is 2. The third-order valence-corrected chi connectivity index (χ3v) is 4.51. The number of rotatable bonds is 6. The summed E-state index contributed by atoms with van der Waals surface area (Å²) in [7, 11) is 0. The first kappa shape index (κ1) is 19.5. The van der Waals surface area contributed by atoms with Crippen molar-refractivity contribution >= 4 is 5.91 Å². The van der Waals surface area contributed by atoms with Crippen LogP contribution in [-0.4, -0.2) is 15.7 Å². The Bertz CT molecular complexity index is 1010. The summed E-state index contributed by atoms with van der Waals surface area (Å²) in [5.41, 5.74) is 3.29. The Morgan fingerprint density at radius 3 is 2.43 bits per heavy atom. The van der Waals surface area contributed by atoms with Crippen LogP contribution in [0, 0.1) is 12.7 Å². The first-order valence-corrected chi connectivity index (χ1v) is 9.12. The highest BCUT2D eigenvalue weighted by atomic mass is 19.1. The second-order valence-electron chi connectivity index (χ2n) is 6.74. The van der Waals surface area contributed by atoms with Gasteiger partial charge in [-0.3, -0.25) is 9.59 Å². The third kappa shape index (κ3) is 4.91. The van der Waals surface area contributed by atoms with E-state index in [4.69, 9.17) is 0 Å². The quantitative estimate of drug-likeness (QED) is 0.711. The Hall–Kier alpha value is -3.28. The van der Waals surface area contributed by atoms with Crippen LogP contribution in [0.4, 0.5) is 4.39 Å². The summed E-state index contributed by atoms with van der Waals surface area (Å²) in [5, 5.41) is 7.23. The molecule has 5 nitrogen and oxygen atoms in total. The van der Waals surface area contributed by atoms with Crippen LogP contribution in [0.5, 0.6) is 0 Å². The van der Waals surface area contributed by atoms with E-state index in [-0.39, 0.29) is 36.3 Å². The maximum Gasteiger partial charge on any atom is 0.266 e. The molecule has 0 aliphatic carbocycles. The van der Waals surface area contributed by atoms with Crippen LogP contribution in [0.15, 0.2) is 65.5 Å². The van der Waals surface area contributed by atoms with E-state index in [1.807, 2.05) is 38.1 Å². The zero-order valence-electron chi connectivity index (χ0n) is 15.9. The van der Waals surface area contributed by atoms with Crippen LogP contribution >= 0.6 is 0 Å². The van der Waals surface area contributed by atoms with Crippen molar-refractivity contribution in [2.24, 2.45) is 0 Å². The number of hydrogen-bond acceptors (Lipinski definition) is 3. The average molecular weight is 379 g/mol. The predicted molar refractivity (Wildman–Crippen MR) is 106 cm³/mol. The van der Waals surface area contributed by atoms with Crippen LogP contribution in [0.25, 0.3) is 11.3 Å². The van der Waals surface area contributed by atoms with Gasteiger partial charge in [-0.2, -0.15) is 5.10 Å². The average Bonchev–Trinajstić information content (AvgIpc) is 2.68. The van der Waals surface area contributed by atoms with Gasteiger partial charge in [-0.1, -0.05) is 42.0 Å². The highest BCUT2D eigenvalue weighted by Gasteiger charge is 2.11. The molecule has 0 fully saturated rings. The molecule has 6 heteroatoms. The molecule has 3 aromatic rings. The van der Waals surface area contributed by atoms with Crippen molar-refractivity contribution in [1.82, 2.24) is 15.1 Å². The SMILES string of the molecule is Cc1ccc(-c2ccc(=O)n(CCC(=O)N[C@H](C)c3ccc(F)cc3)n2)cc1. The molecule has 28 heavy (non-hydrogen) atoms. The lowest BCUT2D eigenvalue weighted by Gasteiger charge is -2.14. The summed E-state index contributed by atoms with van der Waals surface area (Å²) in [4.78, 5) is 24.3. The van der Waals surface area contributed by atoms with Gasteiger partial charge in [0.2, 0.25) is 5.91 Å². The van der Waals surface area contributed by atoms with Crippen LogP contribution < -0.4 is 10.9 Å². The molecule has 1 amide bonds. The number of hydrogen-bond donors (Lipinski definition) is 1. The first-order valence-electron chi connectivity index (χ1n) is 9.12. The highest BCUT2D eigenvalue weighted by molar-refractivity contribution is 5.76. The lowest BCUT2D eigenvalue weighted by molar-refractivity contribution is -0.122. The first-order chi connectivity index (χ1) is 13.4. The molecular weight excluding hydrogens is 357 g/mol. The summed E-state index contributed by atoms with van der Waals surface area (Å²) < 4.78 is 14.3. The van der Waals surface area contributed by atoms with E-state index in [1.54, 1.807) is 18.2 Å². The van der Waals surface area contributed by atoms with Crippen molar-refractivity contribution in [2.45, 2.75) is 32.9 Å². The molecule has 0 aliphatic heterocycles. The minimum Gasteiger partial charge on any atom is -0.350 e. The van der Waals surface area contributed by atoms with E-state index in [0.717, 1.165) is 16.7 Å². The molecule has 1 heterocycles. The van der Waals surface area contributed by atoms with Gasteiger partial charge in [-0.15, -0.1) is 0 Å². The fourth-order valence-corrected chi connectivity index (χ4v) is 2.84. The number of carbonyl (C=O) groups excluding carboxylic acids is 1. The van der Waals surface area contributed by atoms with E-state index in [9.17, 15) is 14.0 Å². The number of nitrogens with one attached hydrogen (secondary N) is 1. The molecule has 1 atom stereocenters. The Morgan fingerprint density at radius 2 is 1.75 bits per heavy atom. The van der Waals surface area contributed by atoms with E-state index < -0.39 is 0 Å². The normalized spacial score (nSPS) is 11.8. The third-order valence-electron chi connectivity index (χ3n) is 4.51. The monoisotopic (exact) mass is 379 g/mol. The minimum atomic E-state index is -0.318. The standard InChI is InChI=1S/C22H22FN3O2/c1-15-3-5-18(6-4-15)20-11-12-22(28)26(25-20)14-13-21(27)24-16(2)17-7-9-19(23)10-8-17/h3-12,16H,13-14H2,1-2H3,(H,24,27)/t16-/m1/s1. The van der Waals surface area contributed by atoms with Crippen molar-refractivity contribution in [1.29, 1.82) is 0 Å². The van der Waals surface area contributed by atoms with Gasteiger partial charge < -0.3 is 5.32 Å². The van der Waals surface area contributed by atoms with Gasteiger partial charge in [0.15, 0.2) is 0 Å². The van der Waals surface area contributed by atoms with Gasteiger partial charge in [0, 0.05) is 18.1 Å². The summed E-state index contributed by atoms with van der Waals surface area (Å²) >= 11 is 0. The molecule has 0 bridgehead atoms. The molecule has 2 aromatic carbocycles. The molecule has 0 unspecified atom stereocenters. The van der Waals surface area contributed by atoms with E-state index >= 15 is 0 Å². The van der Waals surface area contributed by atoms with Crippen molar-refractivity contribution in [3.8, 4) is 11.3 Å². The van der Waals surface area contributed by atoms with Crippen molar-refractivity contribution < 1.29 is 9.18 Å². The molecule has 0 aliphatic rings. The molecule has 3 rings (SSSR count). The van der Waals surface area contributed by atoms with Crippen molar-refractivity contribution in [2.75, 3.05) is 0 Å². The zero-order valence-corrected chi connectivity index (χ0v) is 15.9. The maximum atomic E-state index is 13.0. The molecular formula is C22H22FN3O2. The van der Waals surface area contributed by atoms with Crippen LogP contribution in [0.2, 0.25) is 0 Å². The van der Waals surface area contributed by atoms with E-state index in [0.29, 0.717) is 5.69 Å². The van der Waals surface area contributed by atoms with Crippen LogP contribution in [-0.2, 0) is 11.3 Å². The molecule has 1 N–H and O–H groups in total. The predicted octanol–water partition coefficient (Wildman–Crippen LogP) is 3.63. The van der Waals surface area contributed by atoms with Crippen molar-refractivity contribution in [3.05, 3.63) is 88.0 Å². The molecule has 0 saturated carbocycles. The summed E-state index contributed by atoms with van der Waals surface area (Å²) in [6.45, 7) is 4.01. The summed E-state index contributed by atoms with van der Waals surface area (Å²) in [6, 6.07) is 16.7. The van der Waals surface area contributed by atoms with Gasteiger partial charge in [-0.05, 0) is 37.6 Å². The fraction of sp³-hybridized carbons (Fsp3) is 0.227. The second kappa shape index (κ2) is 8.61. The van der Waals surface area contributed by atoms with Gasteiger partial charge in [0.25, 0.3) is 5.56 Å². The van der Waals surface area contributed by atoms with Crippen LogP contribution in [0.3, 0.4) is 0 Å². The molecule has 0 spiro atoms. The Kier molecular flexibility index (Phi) is 5.99. The smallest absolute Gasteiger partial charge is 0.266 e. The molecule has 1 aromatic heterocycles. The fourth-order valence-electron chi connectivity index (χ4n) is 2.84. The second-order valence-corrected chi connectivity index (χ2v) is 6.74. The number of amides is 1. The minimum absolute atomic E-state index is 0.121. The highest BCUT2D eigenvalue weighted by Crippen LogP contribution is 2.16. The van der Waals surface area contributed by atoms with Gasteiger partial charge in [0.1, 0.15) is 5.82 Å².